The molecule has 0 saturated carbocycles. The number of benzene rings is 1. The van der Waals surface area contributed by atoms with Crippen LogP contribution < -0.4 is 11.2 Å². The van der Waals surface area contributed by atoms with E-state index in [0.717, 1.165) is 28.1 Å². The number of pyridine rings is 3. The lowest BCUT2D eigenvalue weighted by molar-refractivity contribution is 1.28. The van der Waals surface area contributed by atoms with Gasteiger partial charge in [-0.3, -0.25) is 15.0 Å². The zero-order valence-corrected chi connectivity index (χ0v) is 17.7. The van der Waals surface area contributed by atoms with Gasteiger partial charge in [0.2, 0.25) is 0 Å². The summed E-state index contributed by atoms with van der Waals surface area (Å²) < 4.78 is 0. The zero-order chi connectivity index (χ0) is 20.6. The van der Waals surface area contributed by atoms with E-state index in [4.69, 9.17) is 15.0 Å². The molecule has 3 aromatic heterocycles. The minimum absolute atomic E-state index is 0.121. The molecule has 4 rings (SSSR count). The number of thioether (sulfide) groups is 1. The lowest BCUT2D eigenvalue weighted by Crippen LogP contribution is -2.47. The van der Waals surface area contributed by atoms with Crippen molar-refractivity contribution in [3.05, 3.63) is 115 Å². The van der Waals surface area contributed by atoms with Gasteiger partial charge in [0.25, 0.3) is 6.71 Å². The molecule has 0 unspecified atom stereocenters. The van der Waals surface area contributed by atoms with Gasteiger partial charge in [-0.2, -0.15) is 11.8 Å². The summed E-state index contributed by atoms with van der Waals surface area (Å²) in [4.78, 5) is 14.2. The summed E-state index contributed by atoms with van der Waals surface area (Å²) in [5.74, 6) is 0.867. The Balaban J connectivity index is 2.05. The van der Waals surface area contributed by atoms with Crippen molar-refractivity contribution in [3.63, 3.8) is 0 Å². The second kappa shape index (κ2) is 10.0. The molecule has 0 N–H and O–H groups in total. The van der Waals surface area contributed by atoms with Crippen LogP contribution in [-0.4, -0.2) is 33.7 Å². The van der Waals surface area contributed by atoms with E-state index in [-0.39, 0.29) is 6.71 Å². The van der Waals surface area contributed by atoms with E-state index < -0.39 is 0 Å². The molecular formula is C25H22BN3S. The highest BCUT2D eigenvalue weighted by molar-refractivity contribution is 7.99. The molecule has 0 radical (unpaired) electrons. The first kappa shape index (κ1) is 20.1. The standard InChI is InChI=1S/C25H22BN3S/c1-30-19-21(20-11-3-2-4-12-20)25(22-13-5-8-16-27-22)26(23-14-6-9-17-28-23)24-15-7-10-18-29-24/h2-18H,19H2,1H3/b25-21+. The molecule has 0 saturated heterocycles. The summed E-state index contributed by atoms with van der Waals surface area (Å²) in [6.07, 6.45) is 7.68. The second-order valence-electron chi connectivity index (χ2n) is 6.85. The van der Waals surface area contributed by atoms with Crippen molar-refractivity contribution in [3.8, 4) is 0 Å². The highest BCUT2D eigenvalue weighted by Gasteiger charge is 2.31. The largest absolute Gasteiger partial charge is 0.290 e. The molecule has 0 aliphatic rings. The number of hydrogen-bond acceptors (Lipinski definition) is 4. The van der Waals surface area contributed by atoms with Crippen LogP contribution in [0.15, 0.2) is 104 Å². The lowest BCUT2D eigenvalue weighted by atomic mass is 9.38. The van der Waals surface area contributed by atoms with E-state index in [1.54, 1.807) is 0 Å². The molecule has 0 atom stereocenters. The van der Waals surface area contributed by atoms with E-state index >= 15 is 0 Å². The van der Waals surface area contributed by atoms with Crippen molar-refractivity contribution in [1.82, 2.24) is 15.0 Å². The molecule has 3 nitrogen and oxygen atoms in total. The Morgan fingerprint density at radius 2 is 1.27 bits per heavy atom. The monoisotopic (exact) mass is 407 g/mol. The predicted octanol–water partition coefficient (Wildman–Crippen LogP) is 3.99. The van der Waals surface area contributed by atoms with Crippen LogP contribution in [0.4, 0.5) is 0 Å². The summed E-state index contributed by atoms with van der Waals surface area (Å²) >= 11 is 1.81. The van der Waals surface area contributed by atoms with E-state index in [1.807, 2.05) is 66.8 Å². The first-order valence-corrected chi connectivity index (χ1v) is 11.3. The highest BCUT2D eigenvalue weighted by Crippen LogP contribution is 2.29. The molecular weight excluding hydrogens is 385 g/mol. The molecule has 0 fully saturated rings. The van der Waals surface area contributed by atoms with Gasteiger partial charge >= 0.3 is 0 Å². The summed E-state index contributed by atoms with van der Waals surface area (Å²) in [6.45, 7) is -0.121. The minimum atomic E-state index is -0.121. The van der Waals surface area contributed by atoms with Gasteiger partial charge in [0.1, 0.15) is 0 Å². The third-order valence-electron chi connectivity index (χ3n) is 4.93. The molecule has 0 aliphatic heterocycles. The number of aromatic nitrogens is 3. The van der Waals surface area contributed by atoms with Gasteiger partial charge in [0, 0.05) is 35.5 Å². The smallest absolute Gasteiger partial charge is 0.270 e. The topological polar surface area (TPSA) is 38.7 Å². The highest BCUT2D eigenvalue weighted by atomic mass is 32.2. The first-order chi connectivity index (χ1) is 14.9. The maximum absolute atomic E-state index is 4.76. The van der Waals surface area contributed by atoms with Crippen molar-refractivity contribution < 1.29 is 0 Å². The first-order valence-electron chi connectivity index (χ1n) is 9.89. The van der Waals surface area contributed by atoms with Gasteiger partial charge in [0.05, 0.1) is 5.69 Å². The summed E-state index contributed by atoms with van der Waals surface area (Å²) in [7, 11) is 0. The van der Waals surface area contributed by atoms with Crippen molar-refractivity contribution in [2.45, 2.75) is 0 Å². The summed E-state index contributed by atoms with van der Waals surface area (Å²) in [5, 5.41) is 0. The van der Waals surface area contributed by atoms with Crippen molar-refractivity contribution in [2.24, 2.45) is 0 Å². The maximum Gasteiger partial charge on any atom is 0.290 e. The fraction of sp³-hybridized carbons (Fsp3) is 0.0800. The van der Waals surface area contributed by atoms with Gasteiger partial charge in [0.15, 0.2) is 0 Å². The normalized spacial score (nSPS) is 11.6. The Bertz CT molecular complexity index is 1050. The lowest BCUT2D eigenvalue weighted by Gasteiger charge is -2.21. The van der Waals surface area contributed by atoms with Crippen LogP contribution in [0.5, 0.6) is 0 Å². The summed E-state index contributed by atoms with van der Waals surface area (Å²) in [5.41, 5.74) is 6.48. The van der Waals surface area contributed by atoms with Crippen LogP contribution in [0.2, 0.25) is 0 Å². The van der Waals surface area contributed by atoms with Gasteiger partial charge in [-0.05, 0) is 59.3 Å². The third-order valence-corrected chi connectivity index (χ3v) is 5.51. The maximum atomic E-state index is 4.76. The SMILES string of the molecule is CSC/C(=C(\B(c1ccccn1)c1ccccn1)c1ccccn1)c1ccccc1. The van der Waals surface area contributed by atoms with Crippen LogP contribution in [0, 0.1) is 0 Å². The number of nitrogens with zero attached hydrogens (tertiary/aromatic N) is 3. The average molecular weight is 407 g/mol. The number of hydrogen-bond donors (Lipinski definition) is 0. The fourth-order valence-electron chi connectivity index (χ4n) is 3.64. The van der Waals surface area contributed by atoms with Crippen LogP contribution in [-0.2, 0) is 0 Å². The molecule has 30 heavy (non-hydrogen) atoms. The molecule has 5 heteroatoms. The van der Waals surface area contributed by atoms with Gasteiger partial charge in [-0.1, -0.05) is 48.5 Å². The molecule has 0 bridgehead atoms. The van der Waals surface area contributed by atoms with E-state index in [1.165, 1.54) is 11.1 Å². The van der Waals surface area contributed by atoms with Crippen molar-refractivity contribution >= 4 is 40.7 Å². The molecule has 0 amide bonds. The Hall–Kier alpha value is -3.18. The van der Waals surface area contributed by atoms with Crippen LogP contribution in [0.1, 0.15) is 11.3 Å². The van der Waals surface area contributed by atoms with E-state index in [2.05, 4.69) is 54.8 Å². The Morgan fingerprint density at radius 1 is 0.700 bits per heavy atom. The van der Waals surface area contributed by atoms with Gasteiger partial charge < -0.3 is 0 Å². The third kappa shape index (κ3) is 4.52. The van der Waals surface area contributed by atoms with Crippen LogP contribution in [0.25, 0.3) is 11.0 Å². The predicted molar refractivity (Wildman–Crippen MR) is 129 cm³/mol. The Kier molecular flexibility index (Phi) is 6.73. The molecule has 0 spiro atoms. The molecule has 0 aliphatic carbocycles. The Labute approximate surface area is 182 Å². The van der Waals surface area contributed by atoms with E-state index in [0.29, 0.717) is 0 Å². The molecule has 1 aromatic carbocycles. The van der Waals surface area contributed by atoms with E-state index in [9.17, 15) is 0 Å². The van der Waals surface area contributed by atoms with Crippen molar-refractivity contribution in [2.75, 3.05) is 12.0 Å². The van der Waals surface area contributed by atoms with Gasteiger partial charge in [-0.25, -0.2) is 0 Å². The average Bonchev–Trinajstić information content (AvgIpc) is 2.83. The van der Waals surface area contributed by atoms with Crippen molar-refractivity contribution in [1.29, 1.82) is 0 Å². The zero-order valence-electron chi connectivity index (χ0n) is 16.8. The molecule has 4 aromatic rings. The van der Waals surface area contributed by atoms with Crippen LogP contribution >= 0.6 is 11.8 Å². The second-order valence-corrected chi connectivity index (χ2v) is 7.71. The minimum Gasteiger partial charge on any atom is -0.270 e. The quantitative estimate of drug-likeness (QED) is 0.434. The summed E-state index contributed by atoms with van der Waals surface area (Å²) in [6, 6.07) is 28.7. The molecule has 3 heterocycles. The fourth-order valence-corrected chi connectivity index (χ4v) is 4.25. The van der Waals surface area contributed by atoms with Gasteiger partial charge in [-0.15, -0.1) is 0 Å². The Morgan fingerprint density at radius 3 is 1.77 bits per heavy atom. The van der Waals surface area contributed by atoms with Crippen LogP contribution in [0.3, 0.4) is 0 Å². The molecule has 146 valence electrons. The number of rotatable bonds is 7.